The largest absolute Gasteiger partial charge is 0.363 e. The van der Waals surface area contributed by atoms with Gasteiger partial charge in [-0.2, -0.15) is 0 Å². The molecule has 1 aliphatic rings. The molecule has 0 bridgehead atoms. The van der Waals surface area contributed by atoms with Crippen molar-refractivity contribution >= 4 is 6.34 Å². The number of piperidine rings is 1. The van der Waals surface area contributed by atoms with Crippen molar-refractivity contribution in [1.29, 1.82) is 5.41 Å². The highest BCUT2D eigenvalue weighted by molar-refractivity contribution is 5.50. The Kier molecular flexibility index (Phi) is 3.40. The molecule has 1 rings (SSSR count). The van der Waals surface area contributed by atoms with E-state index in [2.05, 4.69) is 11.8 Å². The Bertz CT molecular complexity index is 115. The average Bonchev–Trinajstić information content (AvgIpc) is 2.07. The summed E-state index contributed by atoms with van der Waals surface area (Å²) in [6.45, 7) is 4.46. The fraction of sp³-hybridized carbons (Fsp3) is 0.889. The van der Waals surface area contributed by atoms with Crippen LogP contribution < -0.4 is 0 Å². The molecule has 2 heteroatoms. The van der Waals surface area contributed by atoms with Crippen molar-refractivity contribution in [2.45, 2.75) is 32.6 Å². The lowest BCUT2D eigenvalue weighted by molar-refractivity contribution is 0.259. The van der Waals surface area contributed by atoms with Crippen molar-refractivity contribution < 1.29 is 0 Å². The average molecular weight is 154 g/mol. The van der Waals surface area contributed by atoms with E-state index in [4.69, 9.17) is 5.41 Å². The molecule has 1 N–H and O–H groups in total. The molecule has 0 saturated carbocycles. The van der Waals surface area contributed by atoms with Gasteiger partial charge in [0.2, 0.25) is 0 Å². The van der Waals surface area contributed by atoms with Crippen LogP contribution in [-0.2, 0) is 0 Å². The molecule has 1 aliphatic heterocycles. The van der Waals surface area contributed by atoms with Gasteiger partial charge in [0.15, 0.2) is 0 Å². The van der Waals surface area contributed by atoms with E-state index in [1.807, 2.05) is 0 Å². The van der Waals surface area contributed by atoms with Gasteiger partial charge in [0.1, 0.15) is 0 Å². The van der Waals surface area contributed by atoms with Crippen molar-refractivity contribution in [2.24, 2.45) is 5.92 Å². The van der Waals surface area contributed by atoms with Crippen LogP contribution in [0.4, 0.5) is 0 Å². The molecule has 0 atom stereocenters. The predicted octanol–water partition coefficient (Wildman–Crippen LogP) is 2.11. The summed E-state index contributed by atoms with van der Waals surface area (Å²) in [4.78, 5) is 2.10. The molecule has 0 spiro atoms. The molecule has 0 aromatic rings. The van der Waals surface area contributed by atoms with Gasteiger partial charge in [-0.3, -0.25) is 5.41 Å². The quantitative estimate of drug-likeness (QED) is 0.489. The van der Waals surface area contributed by atoms with Gasteiger partial charge in [-0.1, -0.05) is 19.8 Å². The normalized spacial score (nSPS) is 20.3. The first-order valence-corrected chi connectivity index (χ1v) is 4.61. The summed E-state index contributed by atoms with van der Waals surface area (Å²) in [5, 5.41) is 7.07. The maximum absolute atomic E-state index is 7.07. The maximum atomic E-state index is 7.07. The zero-order valence-electron chi connectivity index (χ0n) is 7.34. The molecule has 2 nitrogen and oxygen atoms in total. The van der Waals surface area contributed by atoms with Crippen molar-refractivity contribution in [2.75, 3.05) is 13.1 Å². The summed E-state index contributed by atoms with van der Waals surface area (Å²) >= 11 is 0. The van der Waals surface area contributed by atoms with Gasteiger partial charge in [0.05, 0.1) is 6.34 Å². The highest BCUT2D eigenvalue weighted by atomic mass is 15.1. The minimum Gasteiger partial charge on any atom is -0.363 e. The van der Waals surface area contributed by atoms with Crippen LogP contribution >= 0.6 is 0 Å². The monoisotopic (exact) mass is 154 g/mol. The third-order valence-electron chi connectivity index (χ3n) is 2.53. The van der Waals surface area contributed by atoms with Crippen LogP contribution in [-0.4, -0.2) is 24.3 Å². The Balaban J connectivity index is 2.18. The number of likely N-dealkylation sites (tertiary alicyclic amines) is 1. The van der Waals surface area contributed by atoms with E-state index in [-0.39, 0.29) is 0 Å². The van der Waals surface area contributed by atoms with Crippen LogP contribution in [0.1, 0.15) is 32.6 Å². The molecule has 1 fully saturated rings. The van der Waals surface area contributed by atoms with Crippen molar-refractivity contribution in [3.05, 3.63) is 0 Å². The standard InChI is InChI=1S/C9H18N2/c1-2-3-9-4-6-11(8-10)7-5-9/h8-10H,2-7H2,1H3. The summed E-state index contributed by atoms with van der Waals surface area (Å²) in [5.74, 6) is 0.941. The first-order chi connectivity index (χ1) is 5.36. The van der Waals surface area contributed by atoms with Gasteiger partial charge >= 0.3 is 0 Å². The lowest BCUT2D eigenvalue weighted by Crippen LogP contribution is -2.32. The molecular formula is C9H18N2. The Morgan fingerprint density at radius 3 is 2.55 bits per heavy atom. The van der Waals surface area contributed by atoms with Crippen LogP contribution in [0.2, 0.25) is 0 Å². The van der Waals surface area contributed by atoms with E-state index in [1.165, 1.54) is 32.0 Å². The SMILES string of the molecule is CCCC1CCN(C=N)CC1. The van der Waals surface area contributed by atoms with Gasteiger partial charge in [-0.25, -0.2) is 0 Å². The zero-order chi connectivity index (χ0) is 8.10. The van der Waals surface area contributed by atoms with E-state index in [9.17, 15) is 0 Å². The van der Waals surface area contributed by atoms with Gasteiger partial charge in [0.25, 0.3) is 0 Å². The van der Waals surface area contributed by atoms with Crippen LogP contribution in [0, 0.1) is 11.3 Å². The predicted molar refractivity (Wildman–Crippen MR) is 48.0 cm³/mol. The molecule has 1 saturated heterocycles. The minimum absolute atomic E-state index is 0.941. The molecule has 0 amide bonds. The smallest absolute Gasteiger partial charge is 0.0817 e. The van der Waals surface area contributed by atoms with E-state index in [0.717, 1.165) is 19.0 Å². The molecule has 0 aromatic carbocycles. The van der Waals surface area contributed by atoms with Gasteiger partial charge in [-0.05, 0) is 18.8 Å². The highest BCUT2D eigenvalue weighted by Crippen LogP contribution is 2.20. The number of nitrogens with one attached hydrogen (secondary N) is 1. The molecule has 1 heterocycles. The van der Waals surface area contributed by atoms with E-state index in [0.29, 0.717) is 0 Å². The minimum atomic E-state index is 0.941. The molecule has 0 unspecified atom stereocenters. The third kappa shape index (κ3) is 2.52. The van der Waals surface area contributed by atoms with E-state index < -0.39 is 0 Å². The molecular weight excluding hydrogens is 136 g/mol. The molecule has 64 valence electrons. The molecule has 11 heavy (non-hydrogen) atoms. The summed E-state index contributed by atoms with van der Waals surface area (Å²) in [7, 11) is 0. The van der Waals surface area contributed by atoms with E-state index >= 15 is 0 Å². The lowest BCUT2D eigenvalue weighted by Gasteiger charge is -2.29. The van der Waals surface area contributed by atoms with Crippen LogP contribution in [0.3, 0.4) is 0 Å². The Morgan fingerprint density at radius 2 is 2.09 bits per heavy atom. The summed E-state index contributed by atoms with van der Waals surface area (Å²) in [5.41, 5.74) is 0. The number of hydrogen-bond acceptors (Lipinski definition) is 1. The first kappa shape index (κ1) is 8.57. The van der Waals surface area contributed by atoms with Crippen LogP contribution in [0.15, 0.2) is 0 Å². The number of nitrogens with zero attached hydrogens (tertiary/aromatic N) is 1. The summed E-state index contributed by atoms with van der Waals surface area (Å²) in [6.07, 6.45) is 6.76. The Labute approximate surface area is 69.1 Å². The van der Waals surface area contributed by atoms with Crippen molar-refractivity contribution in [1.82, 2.24) is 4.90 Å². The van der Waals surface area contributed by atoms with Crippen LogP contribution in [0.25, 0.3) is 0 Å². The number of hydrogen-bond donors (Lipinski definition) is 1. The summed E-state index contributed by atoms with van der Waals surface area (Å²) in [6, 6.07) is 0. The Morgan fingerprint density at radius 1 is 1.45 bits per heavy atom. The van der Waals surface area contributed by atoms with Crippen molar-refractivity contribution in [3.8, 4) is 0 Å². The van der Waals surface area contributed by atoms with Crippen molar-refractivity contribution in [3.63, 3.8) is 0 Å². The number of rotatable bonds is 3. The Hall–Kier alpha value is -0.530. The molecule has 0 aromatic heterocycles. The molecule has 0 aliphatic carbocycles. The highest BCUT2D eigenvalue weighted by Gasteiger charge is 2.15. The fourth-order valence-electron chi connectivity index (χ4n) is 1.78. The van der Waals surface area contributed by atoms with E-state index in [1.54, 1.807) is 0 Å². The first-order valence-electron chi connectivity index (χ1n) is 4.61. The van der Waals surface area contributed by atoms with Gasteiger partial charge in [0, 0.05) is 13.1 Å². The topological polar surface area (TPSA) is 27.1 Å². The van der Waals surface area contributed by atoms with Gasteiger partial charge < -0.3 is 4.90 Å². The molecule has 0 radical (unpaired) electrons. The summed E-state index contributed by atoms with van der Waals surface area (Å²) < 4.78 is 0. The third-order valence-corrected chi connectivity index (χ3v) is 2.53. The lowest BCUT2D eigenvalue weighted by atomic mass is 9.93. The second-order valence-corrected chi connectivity index (χ2v) is 3.40. The van der Waals surface area contributed by atoms with Gasteiger partial charge in [-0.15, -0.1) is 0 Å². The van der Waals surface area contributed by atoms with Crippen LogP contribution in [0.5, 0.6) is 0 Å². The maximum Gasteiger partial charge on any atom is 0.0817 e. The second kappa shape index (κ2) is 4.37. The second-order valence-electron chi connectivity index (χ2n) is 3.40. The fourth-order valence-corrected chi connectivity index (χ4v) is 1.78. The zero-order valence-corrected chi connectivity index (χ0v) is 7.34.